The van der Waals surface area contributed by atoms with Crippen LogP contribution in [0.2, 0.25) is 0 Å². The van der Waals surface area contributed by atoms with Crippen molar-refractivity contribution in [3.05, 3.63) is 77.1 Å². The molecule has 2 amide bonds. The number of hydrogen-bond acceptors (Lipinski definition) is 3. The van der Waals surface area contributed by atoms with Crippen molar-refractivity contribution in [1.82, 2.24) is 14.8 Å². The molecule has 0 radical (unpaired) electrons. The standard InChI is InChI=1S/C28H30FN3O2S/c1-31-23-10-6-5-9-22(23)25-26(27(34)30-17-20-11-13-21(29)14-12-20)32(24(33)18-35-28(25)31)16-15-19-7-3-2-4-8-19/h5-7,9-14,26H,2-4,8,15-18H2,1H3,(H,30,34)/t26-/m0/s1. The molecule has 2 heterocycles. The number of carbonyl (C=O) groups is 2. The number of carbonyl (C=O) groups excluding carboxylic acids is 2. The van der Waals surface area contributed by atoms with E-state index in [4.69, 9.17) is 0 Å². The van der Waals surface area contributed by atoms with Crippen LogP contribution < -0.4 is 5.32 Å². The minimum atomic E-state index is -0.719. The van der Waals surface area contributed by atoms with E-state index in [0.717, 1.165) is 46.3 Å². The number of allylic oxidation sites excluding steroid dienone is 1. The molecule has 1 atom stereocenters. The molecule has 7 heteroatoms. The van der Waals surface area contributed by atoms with Gasteiger partial charge in [-0.2, -0.15) is 0 Å². The van der Waals surface area contributed by atoms with Gasteiger partial charge in [0.2, 0.25) is 11.8 Å². The summed E-state index contributed by atoms with van der Waals surface area (Å²) in [5.41, 5.74) is 4.13. The van der Waals surface area contributed by atoms with E-state index in [0.29, 0.717) is 12.3 Å². The van der Waals surface area contributed by atoms with Crippen LogP contribution >= 0.6 is 11.8 Å². The lowest BCUT2D eigenvalue weighted by Gasteiger charge is -2.30. The first kappa shape index (κ1) is 23.7. The van der Waals surface area contributed by atoms with Gasteiger partial charge in [-0.05, 0) is 55.9 Å². The summed E-state index contributed by atoms with van der Waals surface area (Å²) in [5.74, 6) is -0.234. The third kappa shape index (κ3) is 4.87. The Kier molecular flexibility index (Phi) is 6.95. The zero-order valence-electron chi connectivity index (χ0n) is 19.9. The van der Waals surface area contributed by atoms with Crippen LogP contribution in [0, 0.1) is 5.82 Å². The Morgan fingerprint density at radius 1 is 1.14 bits per heavy atom. The van der Waals surface area contributed by atoms with Crippen LogP contribution in [-0.4, -0.2) is 33.6 Å². The average Bonchev–Trinajstić information content (AvgIpc) is 3.06. The molecular weight excluding hydrogens is 461 g/mol. The van der Waals surface area contributed by atoms with E-state index in [1.807, 2.05) is 25.2 Å². The predicted molar refractivity (Wildman–Crippen MR) is 138 cm³/mol. The van der Waals surface area contributed by atoms with Gasteiger partial charge in [-0.3, -0.25) is 9.59 Å². The average molecular weight is 492 g/mol. The molecule has 2 aromatic carbocycles. The van der Waals surface area contributed by atoms with Crippen molar-refractivity contribution in [1.29, 1.82) is 0 Å². The van der Waals surface area contributed by atoms with E-state index in [1.54, 1.807) is 17.0 Å². The van der Waals surface area contributed by atoms with Gasteiger partial charge in [0, 0.05) is 36.6 Å². The van der Waals surface area contributed by atoms with Crippen molar-refractivity contribution >= 4 is 34.5 Å². The molecule has 5 nitrogen and oxygen atoms in total. The van der Waals surface area contributed by atoms with Crippen molar-refractivity contribution in [3.8, 4) is 0 Å². The van der Waals surface area contributed by atoms with Crippen molar-refractivity contribution in [3.63, 3.8) is 0 Å². The van der Waals surface area contributed by atoms with Crippen LogP contribution in [0.4, 0.5) is 4.39 Å². The van der Waals surface area contributed by atoms with Crippen LogP contribution in [0.25, 0.3) is 10.9 Å². The van der Waals surface area contributed by atoms with Gasteiger partial charge in [0.25, 0.3) is 0 Å². The van der Waals surface area contributed by atoms with Gasteiger partial charge < -0.3 is 14.8 Å². The number of halogens is 1. The van der Waals surface area contributed by atoms with Crippen LogP contribution in [0.1, 0.15) is 49.3 Å². The Hall–Kier alpha value is -3.06. The minimum Gasteiger partial charge on any atom is -0.350 e. The maximum Gasteiger partial charge on any atom is 0.247 e. The number of aryl methyl sites for hydroxylation is 1. The number of fused-ring (bicyclic) bond motifs is 3. The molecule has 182 valence electrons. The number of hydrogen-bond donors (Lipinski definition) is 1. The lowest BCUT2D eigenvalue weighted by Crippen LogP contribution is -2.44. The lowest BCUT2D eigenvalue weighted by atomic mass is 9.96. The van der Waals surface area contributed by atoms with Gasteiger partial charge in [0.15, 0.2) is 0 Å². The molecule has 3 aromatic rings. The molecule has 35 heavy (non-hydrogen) atoms. The summed E-state index contributed by atoms with van der Waals surface area (Å²) >= 11 is 1.51. The minimum absolute atomic E-state index is 0.0198. The van der Waals surface area contributed by atoms with Crippen LogP contribution in [0.5, 0.6) is 0 Å². The molecular formula is C28H30FN3O2S. The molecule has 0 saturated heterocycles. The van der Waals surface area contributed by atoms with E-state index >= 15 is 0 Å². The molecule has 1 N–H and O–H groups in total. The van der Waals surface area contributed by atoms with Gasteiger partial charge in [0.1, 0.15) is 11.9 Å². The molecule has 0 saturated carbocycles. The molecule has 5 rings (SSSR count). The highest BCUT2D eigenvalue weighted by Gasteiger charge is 2.38. The van der Waals surface area contributed by atoms with Crippen molar-refractivity contribution in [2.24, 2.45) is 7.05 Å². The van der Waals surface area contributed by atoms with Crippen molar-refractivity contribution < 1.29 is 14.0 Å². The first-order valence-electron chi connectivity index (χ1n) is 12.2. The summed E-state index contributed by atoms with van der Waals surface area (Å²) in [6, 6.07) is 13.5. The lowest BCUT2D eigenvalue weighted by molar-refractivity contribution is -0.139. The number of rotatable bonds is 6. The van der Waals surface area contributed by atoms with Gasteiger partial charge in [-0.1, -0.05) is 53.7 Å². The van der Waals surface area contributed by atoms with E-state index in [9.17, 15) is 14.0 Å². The second-order valence-electron chi connectivity index (χ2n) is 9.28. The third-order valence-corrected chi connectivity index (χ3v) is 8.17. The Labute approximate surface area is 209 Å². The fraction of sp³-hybridized carbons (Fsp3) is 0.357. The van der Waals surface area contributed by atoms with Crippen molar-refractivity contribution in [2.75, 3.05) is 12.3 Å². The van der Waals surface area contributed by atoms with E-state index in [2.05, 4.69) is 22.0 Å². The molecule has 2 aliphatic rings. The molecule has 0 bridgehead atoms. The monoisotopic (exact) mass is 491 g/mol. The van der Waals surface area contributed by atoms with Gasteiger partial charge in [-0.15, -0.1) is 0 Å². The van der Waals surface area contributed by atoms with Gasteiger partial charge in [-0.25, -0.2) is 4.39 Å². The smallest absolute Gasteiger partial charge is 0.247 e. The molecule has 1 aliphatic carbocycles. The van der Waals surface area contributed by atoms with E-state index in [1.165, 1.54) is 42.3 Å². The summed E-state index contributed by atoms with van der Waals surface area (Å²) in [4.78, 5) is 29.0. The fourth-order valence-electron chi connectivity index (χ4n) is 5.16. The van der Waals surface area contributed by atoms with Crippen molar-refractivity contribution in [2.45, 2.75) is 49.7 Å². The van der Waals surface area contributed by atoms with Crippen LogP contribution in [-0.2, 0) is 23.2 Å². The number of para-hydroxylation sites is 1. The largest absolute Gasteiger partial charge is 0.350 e. The SMILES string of the molecule is Cn1c2c(c3ccccc31)[C@@H](C(=O)NCc1ccc(F)cc1)N(CCC1=CCCCC1)C(=O)CS2. The quantitative estimate of drug-likeness (QED) is 0.463. The first-order chi connectivity index (χ1) is 17.0. The maximum atomic E-state index is 13.8. The summed E-state index contributed by atoms with van der Waals surface area (Å²) in [7, 11) is 1.99. The Morgan fingerprint density at radius 2 is 1.94 bits per heavy atom. The number of benzene rings is 2. The summed E-state index contributed by atoms with van der Waals surface area (Å²) in [6.07, 6.45) is 7.65. The molecule has 1 aromatic heterocycles. The fourth-order valence-corrected chi connectivity index (χ4v) is 6.26. The molecule has 1 aliphatic heterocycles. The van der Waals surface area contributed by atoms with E-state index in [-0.39, 0.29) is 24.2 Å². The highest BCUT2D eigenvalue weighted by molar-refractivity contribution is 8.00. The summed E-state index contributed by atoms with van der Waals surface area (Å²) in [6.45, 7) is 0.790. The predicted octanol–water partition coefficient (Wildman–Crippen LogP) is 5.50. The summed E-state index contributed by atoms with van der Waals surface area (Å²) in [5, 5.41) is 4.99. The van der Waals surface area contributed by atoms with Crippen LogP contribution in [0.15, 0.2) is 65.2 Å². The van der Waals surface area contributed by atoms with Gasteiger partial charge in [0.05, 0.1) is 10.8 Å². The third-order valence-electron chi connectivity index (χ3n) is 7.02. The van der Waals surface area contributed by atoms with E-state index < -0.39 is 6.04 Å². The number of nitrogens with one attached hydrogen (secondary N) is 1. The number of aromatic nitrogens is 1. The number of amides is 2. The zero-order chi connectivity index (χ0) is 24.4. The Balaban J connectivity index is 1.51. The zero-order valence-corrected chi connectivity index (χ0v) is 20.7. The highest BCUT2D eigenvalue weighted by Crippen LogP contribution is 2.42. The Morgan fingerprint density at radius 3 is 2.71 bits per heavy atom. The number of nitrogens with zero attached hydrogens (tertiary/aromatic N) is 2. The summed E-state index contributed by atoms with van der Waals surface area (Å²) < 4.78 is 15.4. The second-order valence-corrected chi connectivity index (χ2v) is 10.2. The normalized spacial score (nSPS) is 18.2. The second kappa shape index (κ2) is 10.3. The Bertz CT molecular complexity index is 1280. The topological polar surface area (TPSA) is 54.3 Å². The van der Waals surface area contributed by atoms with Crippen LogP contribution in [0.3, 0.4) is 0 Å². The molecule has 0 fully saturated rings. The molecule has 0 unspecified atom stereocenters. The number of thioether (sulfide) groups is 1. The van der Waals surface area contributed by atoms with Gasteiger partial charge >= 0.3 is 0 Å². The first-order valence-corrected chi connectivity index (χ1v) is 13.2. The highest BCUT2D eigenvalue weighted by atomic mass is 32.2. The molecule has 0 spiro atoms. The maximum absolute atomic E-state index is 13.8.